The van der Waals surface area contributed by atoms with Gasteiger partial charge in [0.1, 0.15) is 11.6 Å². The SMILES string of the molecule is Cc1cnn(-c2ccc(C(F)(F)F)cc2NC(=O)Nc2cnc(Oc3ccc(-c4cnn5ccc(N6CCC6)nc45)cc3)nc2)c1. The van der Waals surface area contributed by atoms with Gasteiger partial charge in [-0.1, -0.05) is 12.1 Å². The molecule has 2 N–H and O–H groups in total. The lowest BCUT2D eigenvalue weighted by molar-refractivity contribution is -0.137. The first-order valence-corrected chi connectivity index (χ1v) is 14.2. The number of hydrogen-bond donors (Lipinski definition) is 2. The highest BCUT2D eigenvalue weighted by atomic mass is 19.4. The molecule has 1 fully saturated rings. The second kappa shape index (κ2) is 11.5. The molecule has 1 saturated heterocycles. The standard InChI is InChI=1S/C31H25F3N10O2/c1-19-14-37-44(18-19)26-8-5-21(31(32,33)34)13-25(26)40-29(45)39-22-15-35-30(36-16-22)46-23-6-3-20(4-7-23)24-17-38-43-12-9-27(41-28(24)43)42-10-2-11-42/h3-9,12-18H,2,10-11H2,1H3,(H2,39,40,45). The molecule has 232 valence electrons. The van der Waals surface area contributed by atoms with Crippen LogP contribution in [0.3, 0.4) is 0 Å². The summed E-state index contributed by atoms with van der Waals surface area (Å²) < 4.78 is 49.1. The van der Waals surface area contributed by atoms with Gasteiger partial charge in [-0.05, 0) is 60.9 Å². The van der Waals surface area contributed by atoms with Crippen LogP contribution in [0.5, 0.6) is 11.8 Å². The zero-order chi connectivity index (χ0) is 31.8. The molecule has 12 nitrogen and oxygen atoms in total. The van der Waals surface area contributed by atoms with E-state index < -0.39 is 17.8 Å². The number of amides is 2. The fourth-order valence-electron chi connectivity index (χ4n) is 4.87. The van der Waals surface area contributed by atoms with Gasteiger partial charge in [0.25, 0.3) is 0 Å². The van der Waals surface area contributed by atoms with Gasteiger partial charge in [0.05, 0.1) is 47.4 Å². The Balaban J connectivity index is 1.01. The van der Waals surface area contributed by atoms with E-state index in [0.717, 1.165) is 59.8 Å². The van der Waals surface area contributed by atoms with Gasteiger partial charge in [-0.25, -0.2) is 28.9 Å². The minimum Gasteiger partial charge on any atom is -0.424 e. The van der Waals surface area contributed by atoms with Crippen LogP contribution in [0, 0.1) is 6.92 Å². The first-order chi connectivity index (χ1) is 22.2. The number of aromatic nitrogens is 7. The average molecular weight is 627 g/mol. The smallest absolute Gasteiger partial charge is 0.416 e. The van der Waals surface area contributed by atoms with Crippen molar-refractivity contribution in [3.63, 3.8) is 0 Å². The fourth-order valence-corrected chi connectivity index (χ4v) is 4.87. The van der Waals surface area contributed by atoms with Crippen LogP contribution < -0.4 is 20.3 Å². The van der Waals surface area contributed by atoms with Crippen LogP contribution in [0.1, 0.15) is 17.5 Å². The van der Waals surface area contributed by atoms with Crippen molar-refractivity contribution >= 4 is 28.9 Å². The van der Waals surface area contributed by atoms with Gasteiger partial charge in [-0.3, -0.25) is 0 Å². The number of hydrogen-bond acceptors (Lipinski definition) is 8. The molecular formula is C31H25F3N10O2. The Labute approximate surface area is 259 Å². The Hall–Kier alpha value is -5.99. The average Bonchev–Trinajstić information content (AvgIpc) is 3.63. The number of nitrogens with one attached hydrogen (secondary N) is 2. The zero-order valence-corrected chi connectivity index (χ0v) is 24.2. The molecule has 0 saturated carbocycles. The Kier molecular flexibility index (Phi) is 7.19. The summed E-state index contributed by atoms with van der Waals surface area (Å²) in [5, 5.41) is 13.5. The predicted octanol–water partition coefficient (Wildman–Crippen LogP) is 6.35. The maximum atomic E-state index is 13.4. The first kappa shape index (κ1) is 28.8. The molecule has 1 aliphatic heterocycles. The minimum atomic E-state index is -4.60. The third-order valence-corrected chi connectivity index (χ3v) is 7.33. The van der Waals surface area contributed by atoms with Crippen LogP contribution in [-0.2, 0) is 6.18 Å². The Morgan fingerprint density at radius 3 is 2.39 bits per heavy atom. The Morgan fingerprint density at radius 2 is 1.72 bits per heavy atom. The number of halogens is 3. The van der Waals surface area contributed by atoms with Gasteiger partial charge in [0.2, 0.25) is 0 Å². The number of rotatable bonds is 7. The molecule has 6 aromatic rings. The normalized spacial score (nSPS) is 13.0. The fraction of sp³-hybridized carbons (Fsp3) is 0.161. The molecule has 0 spiro atoms. The number of ether oxygens (including phenoxy) is 1. The third kappa shape index (κ3) is 5.89. The molecule has 0 bridgehead atoms. The Bertz CT molecular complexity index is 2040. The van der Waals surface area contributed by atoms with Crippen LogP contribution in [-0.4, -0.2) is 53.5 Å². The van der Waals surface area contributed by atoms with Crippen LogP contribution >= 0.6 is 0 Å². The second-order valence-corrected chi connectivity index (χ2v) is 10.6. The minimum absolute atomic E-state index is 0.0322. The number of nitrogens with zero attached hydrogens (tertiary/aromatic N) is 8. The van der Waals surface area contributed by atoms with E-state index in [1.807, 2.05) is 24.4 Å². The molecule has 7 rings (SSSR count). The van der Waals surface area contributed by atoms with Gasteiger partial charge < -0.3 is 20.3 Å². The number of urea groups is 1. The summed E-state index contributed by atoms with van der Waals surface area (Å²) in [6, 6.07) is 11.5. The molecule has 5 heterocycles. The van der Waals surface area contributed by atoms with Crippen molar-refractivity contribution in [3.05, 3.63) is 96.8 Å². The van der Waals surface area contributed by atoms with Gasteiger partial charge in [-0.2, -0.15) is 23.4 Å². The molecule has 2 amide bonds. The van der Waals surface area contributed by atoms with E-state index in [-0.39, 0.29) is 23.1 Å². The molecule has 46 heavy (non-hydrogen) atoms. The predicted molar refractivity (Wildman–Crippen MR) is 163 cm³/mol. The van der Waals surface area contributed by atoms with E-state index in [0.29, 0.717) is 5.75 Å². The summed E-state index contributed by atoms with van der Waals surface area (Å²) in [7, 11) is 0. The summed E-state index contributed by atoms with van der Waals surface area (Å²) in [4.78, 5) is 28.0. The number of fused-ring (bicyclic) bond motifs is 1. The van der Waals surface area contributed by atoms with E-state index in [1.54, 1.807) is 42.2 Å². The molecule has 0 aliphatic carbocycles. The van der Waals surface area contributed by atoms with Crippen LogP contribution in [0.2, 0.25) is 0 Å². The molecule has 1 aliphatic rings. The van der Waals surface area contributed by atoms with Gasteiger partial charge in [-0.15, -0.1) is 0 Å². The maximum Gasteiger partial charge on any atom is 0.416 e. The molecular weight excluding hydrogens is 601 g/mol. The van der Waals surface area contributed by atoms with Crippen molar-refractivity contribution in [3.8, 4) is 28.6 Å². The van der Waals surface area contributed by atoms with Crippen molar-refractivity contribution in [2.24, 2.45) is 0 Å². The number of anilines is 3. The van der Waals surface area contributed by atoms with Gasteiger partial charge >= 0.3 is 18.2 Å². The first-order valence-electron chi connectivity index (χ1n) is 14.2. The summed E-state index contributed by atoms with van der Waals surface area (Å²) >= 11 is 0. The highest BCUT2D eigenvalue weighted by molar-refractivity contribution is 6.01. The van der Waals surface area contributed by atoms with Crippen molar-refractivity contribution in [2.45, 2.75) is 19.5 Å². The summed E-state index contributed by atoms with van der Waals surface area (Å²) in [6.07, 6.45) is 6.07. The summed E-state index contributed by atoms with van der Waals surface area (Å²) in [5.41, 5.74) is 2.81. The van der Waals surface area contributed by atoms with Crippen LogP contribution in [0.4, 0.5) is 35.2 Å². The quantitative estimate of drug-likeness (QED) is 0.210. The number of carbonyl (C=O) groups is 1. The highest BCUT2D eigenvalue weighted by Gasteiger charge is 2.31. The molecule has 0 unspecified atom stereocenters. The second-order valence-electron chi connectivity index (χ2n) is 10.6. The van der Waals surface area contributed by atoms with Gasteiger partial charge in [0.15, 0.2) is 5.65 Å². The van der Waals surface area contributed by atoms with Crippen molar-refractivity contribution in [1.82, 2.24) is 34.3 Å². The number of benzene rings is 2. The summed E-state index contributed by atoms with van der Waals surface area (Å²) in [6.45, 7) is 3.79. The van der Waals surface area contributed by atoms with Crippen molar-refractivity contribution < 1.29 is 22.7 Å². The summed E-state index contributed by atoms with van der Waals surface area (Å²) in [5.74, 6) is 1.41. The topological polar surface area (TPSA) is 127 Å². The zero-order valence-electron chi connectivity index (χ0n) is 24.2. The molecule has 2 aromatic carbocycles. The van der Waals surface area contributed by atoms with Crippen molar-refractivity contribution in [1.29, 1.82) is 0 Å². The Morgan fingerprint density at radius 1 is 0.935 bits per heavy atom. The van der Waals surface area contributed by atoms with E-state index >= 15 is 0 Å². The lowest BCUT2D eigenvalue weighted by Crippen LogP contribution is -2.37. The highest BCUT2D eigenvalue weighted by Crippen LogP contribution is 2.34. The molecule has 4 aromatic heterocycles. The maximum absolute atomic E-state index is 13.4. The van der Waals surface area contributed by atoms with E-state index in [4.69, 9.17) is 9.72 Å². The van der Waals surface area contributed by atoms with Crippen LogP contribution in [0.25, 0.3) is 22.5 Å². The molecule has 0 atom stereocenters. The molecule has 15 heteroatoms. The molecule has 0 radical (unpaired) electrons. The number of aryl methyl sites for hydroxylation is 1. The third-order valence-electron chi connectivity index (χ3n) is 7.33. The monoisotopic (exact) mass is 626 g/mol. The number of carbonyl (C=O) groups excluding carboxylic acids is 1. The van der Waals surface area contributed by atoms with Gasteiger partial charge in [0, 0.05) is 31.0 Å². The largest absolute Gasteiger partial charge is 0.424 e. The van der Waals surface area contributed by atoms with E-state index in [2.05, 4.69) is 35.7 Å². The lowest BCUT2D eigenvalue weighted by atomic mass is 10.1. The van der Waals surface area contributed by atoms with Crippen molar-refractivity contribution in [2.75, 3.05) is 28.6 Å². The number of alkyl halides is 3. The van der Waals surface area contributed by atoms with E-state index in [9.17, 15) is 18.0 Å². The van der Waals surface area contributed by atoms with Crippen LogP contribution in [0.15, 0.2) is 85.7 Å². The van der Waals surface area contributed by atoms with E-state index in [1.165, 1.54) is 23.1 Å². The lowest BCUT2D eigenvalue weighted by Gasteiger charge is -2.31.